The van der Waals surface area contributed by atoms with Gasteiger partial charge in [0.15, 0.2) is 0 Å². The molecule has 0 amide bonds. The highest BCUT2D eigenvalue weighted by molar-refractivity contribution is 5.84. The molecule has 0 N–H and O–H groups in total. The van der Waals surface area contributed by atoms with Crippen molar-refractivity contribution >= 4 is 10.8 Å². The van der Waals surface area contributed by atoms with Gasteiger partial charge in [-0.3, -0.25) is 0 Å². The number of aryl methyl sites for hydroxylation is 1. The molecule has 0 aliphatic heterocycles. The summed E-state index contributed by atoms with van der Waals surface area (Å²) >= 11 is 0. The third-order valence-corrected chi connectivity index (χ3v) is 4.54. The summed E-state index contributed by atoms with van der Waals surface area (Å²) in [5.41, 5.74) is 3.42. The average Bonchev–Trinajstić information content (AvgIpc) is 2.70. The van der Waals surface area contributed by atoms with E-state index in [0.29, 0.717) is 0 Å². The summed E-state index contributed by atoms with van der Waals surface area (Å²) in [6.45, 7) is 5.17. The first-order valence-electron chi connectivity index (χ1n) is 9.56. The second-order valence-electron chi connectivity index (χ2n) is 6.58. The lowest BCUT2D eigenvalue weighted by Crippen LogP contribution is -1.96. The molecule has 26 heavy (non-hydrogen) atoms. The highest BCUT2D eigenvalue weighted by Gasteiger charge is 1.97. The van der Waals surface area contributed by atoms with Gasteiger partial charge in [0.05, 0.1) is 6.61 Å². The second-order valence-corrected chi connectivity index (χ2v) is 6.58. The van der Waals surface area contributed by atoms with Crippen molar-refractivity contribution in [2.75, 3.05) is 6.61 Å². The van der Waals surface area contributed by atoms with Crippen LogP contribution >= 0.6 is 0 Å². The van der Waals surface area contributed by atoms with Crippen LogP contribution in [-0.2, 0) is 6.42 Å². The summed E-state index contributed by atoms with van der Waals surface area (Å²) in [5.74, 6) is 7.44. The maximum Gasteiger partial charge on any atom is 0.119 e. The zero-order valence-electron chi connectivity index (χ0n) is 15.7. The van der Waals surface area contributed by atoms with Gasteiger partial charge in [0.25, 0.3) is 0 Å². The van der Waals surface area contributed by atoms with E-state index in [0.717, 1.165) is 36.3 Å². The molecule has 3 rings (SSSR count). The van der Waals surface area contributed by atoms with Gasteiger partial charge in [-0.05, 0) is 65.6 Å². The third-order valence-electron chi connectivity index (χ3n) is 4.54. The fraction of sp³-hybridized carbons (Fsp3) is 0.280. The molecule has 0 bridgehead atoms. The summed E-state index contributed by atoms with van der Waals surface area (Å²) in [4.78, 5) is 0. The molecule has 0 aliphatic carbocycles. The van der Waals surface area contributed by atoms with Gasteiger partial charge in [-0.2, -0.15) is 0 Å². The predicted molar refractivity (Wildman–Crippen MR) is 111 cm³/mol. The summed E-state index contributed by atoms with van der Waals surface area (Å²) < 4.78 is 5.74. The Balaban J connectivity index is 1.67. The topological polar surface area (TPSA) is 9.23 Å². The van der Waals surface area contributed by atoms with Gasteiger partial charge < -0.3 is 4.74 Å². The highest BCUT2D eigenvalue weighted by Crippen LogP contribution is 2.18. The molecule has 0 atom stereocenters. The monoisotopic (exact) mass is 342 g/mol. The molecule has 0 unspecified atom stereocenters. The van der Waals surface area contributed by atoms with E-state index in [2.05, 4.69) is 62.1 Å². The Morgan fingerprint density at radius 3 is 2.19 bits per heavy atom. The lowest BCUT2D eigenvalue weighted by atomic mass is 10.0. The van der Waals surface area contributed by atoms with Gasteiger partial charge in [-0.25, -0.2) is 0 Å². The number of unbranched alkanes of at least 4 members (excludes halogenated alkanes) is 2. The summed E-state index contributed by atoms with van der Waals surface area (Å²) in [7, 11) is 0. The van der Waals surface area contributed by atoms with Crippen molar-refractivity contribution in [2.45, 2.75) is 39.5 Å². The second kappa shape index (κ2) is 9.11. The van der Waals surface area contributed by atoms with Gasteiger partial charge in [-0.15, -0.1) is 0 Å². The van der Waals surface area contributed by atoms with E-state index in [9.17, 15) is 0 Å². The average molecular weight is 342 g/mol. The number of fused-ring (bicyclic) bond motifs is 1. The molecular weight excluding hydrogens is 316 g/mol. The minimum atomic E-state index is 0.787. The molecule has 0 radical (unpaired) electrons. The predicted octanol–water partition coefficient (Wildman–Crippen LogP) is 6.37. The van der Waals surface area contributed by atoms with E-state index >= 15 is 0 Å². The van der Waals surface area contributed by atoms with E-state index in [1.54, 1.807) is 0 Å². The lowest BCUT2D eigenvalue weighted by molar-refractivity contribution is 0.306. The molecule has 0 aromatic heterocycles. The Hall–Kier alpha value is -2.72. The first-order chi connectivity index (χ1) is 12.8. The zero-order valence-corrected chi connectivity index (χ0v) is 15.7. The molecule has 0 spiro atoms. The van der Waals surface area contributed by atoms with Crippen LogP contribution in [0, 0.1) is 11.8 Å². The number of rotatable bonds is 6. The first-order valence-corrected chi connectivity index (χ1v) is 9.56. The van der Waals surface area contributed by atoms with E-state index in [-0.39, 0.29) is 0 Å². The van der Waals surface area contributed by atoms with Crippen molar-refractivity contribution in [2.24, 2.45) is 0 Å². The normalized spacial score (nSPS) is 10.4. The molecule has 3 aromatic carbocycles. The Morgan fingerprint density at radius 2 is 1.42 bits per heavy atom. The minimum Gasteiger partial charge on any atom is -0.494 e. The fourth-order valence-corrected chi connectivity index (χ4v) is 2.91. The number of hydrogen-bond donors (Lipinski definition) is 0. The number of hydrogen-bond acceptors (Lipinski definition) is 1. The summed E-state index contributed by atoms with van der Waals surface area (Å²) in [5, 5.41) is 2.52. The van der Waals surface area contributed by atoms with Crippen molar-refractivity contribution < 1.29 is 4.74 Å². The minimum absolute atomic E-state index is 0.787. The Bertz CT molecular complexity index is 910. The van der Waals surface area contributed by atoms with Crippen LogP contribution in [0.1, 0.15) is 49.8 Å². The van der Waals surface area contributed by atoms with Gasteiger partial charge in [0.1, 0.15) is 5.75 Å². The van der Waals surface area contributed by atoms with Crippen molar-refractivity contribution in [3.8, 4) is 17.6 Å². The smallest absolute Gasteiger partial charge is 0.119 e. The summed E-state index contributed by atoms with van der Waals surface area (Å²) in [6, 6.07) is 21.1. The fourth-order valence-electron chi connectivity index (χ4n) is 2.91. The van der Waals surface area contributed by atoms with Gasteiger partial charge >= 0.3 is 0 Å². The maximum absolute atomic E-state index is 5.74. The van der Waals surface area contributed by atoms with Crippen molar-refractivity contribution in [1.29, 1.82) is 0 Å². The SMILES string of the molecule is CCCCCOc1ccc(C#Cc2ccc3cc(CC)ccc3c2)cc1. The molecule has 0 saturated carbocycles. The molecule has 0 saturated heterocycles. The zero-order chi connectivity index (χ0) is 18.2. The lowest BCUT2D eigenvalue weighted by Gasteiger charge is -2.05. The maximum atomic E-state index is 5.74. The van der Waals surface area contributed by atoms with Crippen LogP contribution < -0.4 is 4.74 Å². The molecule has 0 fully saturated rings. The van der Waals surface area contributed by atoms with Crippen LogP contribution in [0.2, 0.25) is 0 Å². The highest BCUT2D eigenvalue weighted by atomic mass is 16.5. The molecule has 0 aliphatic rings. The van der Waals surface area contributed by atoms with Crippen LogP contribution in [0.5, 0.6) is 5.75 Å². The molecular formula is C25H26O. The Morgan fingerprint density at radius 1 is 0.731 bits per heavy atom. The first kappa shape index (κ1) is 18.1. The van der Waals surface area contributed by atoms with Gasteiger partial charge in [-0.1, -0.05) is 62.8 Å². The van der Waals surface area contributed by atoms with Gasteiger partial charge in [0.2, 0.25) is 0 Å². The molecule has 1 heteroatoms. The van der Waals surface area contributed by atoms with E-state index in [1.165, 1.54) is 29.2 Å². The number of benzene rings is 3. The number of ether oxygens (including phenoxy) is 1. The molecule has 3 aromatic rings. The summed E-state index contributed by atoms with van der Waals surface area (Å²) in [6.07, 6.45) is 4.61. The quantitative estimate of drug-likeness (QED) is 0.373. The van der Waals surface area contributed by atoms with E-state index < -0.39 is 0 Å². The van der Waals surface area contributed by atoms with E-state index in [4.69, 9.17) is 4.74 Å². The Labute approximate surface area is 157 Å². The van der Waals surface area contributed by atoms with Crippen LogP contribution in [0.25, 0.3) is 10.8 Å². The Kier molecular flexibility index (Phi) is 6.34. The largest absolute Gasteiger partial charge is 0.494 e. The van der Waals surface area contributed by atoms with Crippen molar-refractivity contribution in [1.82, 2.24) is 0 Å². The van der Waals surface area contributed by atoms with Crippen LogP contribution in [0.4, 0.5) is 0 Å². The van der Waals surface area contributed by atoms with Crippen LogP contribution in [0.15, 0.2) is 60.7 Å². The van der Waals surface area contributed by atoms with Crippen LogP contribution in [0.3, 0.4) is 0 Å². The van der Waals surface area contributed by atoms with E-state index in [1.807, 2.05) is 24.3 Å². The molecule has 1 nitrogen and oxygen atoms in total. The van der Waals surface area contributed by atoms with Gasteiger partial charge in [0, 0.05) is 11.1 Å². The molecule has 132 valence electrons. The van der Waals surface area contributed by atoms with Crippen LogP contribution in [-0.4, -0.2) is 6.61 Å². The standard InChI is InChI=1S/C25H26O/c1-3-5-6-17-26-25-15-11-21(12-16-25)7-8-22-10-14-23-18-20(4-2)9-13-24(23)19-22/h9-16,18-19H,3-6,17H2,1-2H3. The molecule has 0 heterocycles. The third kappa shape index (κ3) is 4.90. The van der Waals surface area contributed by atoms with Crippen molar-refractivity contribution in [3.05, 3.63) is 77.4 Å². The van der Waals surface area contributed by atoms with Crippen molar-refractivity contribution in [3.63, 3.8) is 0 Å².